The molecule has 10 heteroatoms. The fourth-order valence-electron chi connectivity index (χ4n) is 3.04. The third-order valence-corrected chi connectivity index (χ3v) is 5.01. The van der Waals surface area contributed by atoms with E-state index in [2.05, 4.69) is 5.32 Å². The predicted octanol–water partition coefficient (Wildman–Crippen LogP) is 5.46. The van der Waals surface area contributed by atoms with E-state index >= 15 is 0 Å². The summed E-state index contributed by atoms with van der Waals surface area (Å²) >= 11 is 0. The van der Waals surface area contributed by atoms with Crippen molar-refractivity contribution in [1.29, 1.82) is 5.26 Å². The minimum Gasteiger partial charge on any atom is -0.449 e. The molecule has 3 aromatic carbocycles. The number of amides is 1. The van der Waals surface area contributed by atoms with E-state index in [9.17, 15) is 30.3 Å². The molecule has 0 saturated heterocycles. The van der Waals surface area contributed by atoms with E-state index in [1.165, 1.54) is 12.1 Å². The Morgan fingerprint density at radius 1 is 1.00 bits per heavy atom. The number of nitrogens with one attached hydrogen (secondary N) is 1. The van der Waals surface area contributed by atoms with Crippen LogP contribution in [0.1, 0.15) is 16.7 Å². The highest BCUT2D eigenvalue weighted by atomic mass is 16.6. The molecule has 0 bridgehead atoms. The lowest BCUT2D eigenvalue weighted by atomic mass is 10.1. The van der Waals surface area contributed by atoms with E-state index in [1.807, 2.05) is 26.0 Å². The number of carbonyl (C=O) groups excluding carboxylic acids is 1. The number of para-hydroxylation sites is 1. The molecule has 0 aliphatic rings. The quantitative estimate of drug-likeness (QED) is 0.214. The van der Waals surface area contributed by atoms with Gasteiger partial charge in [-0.15, -0.1) is 0 Å². The summed E-state index contributed by atoms with van der Waals surface area (Å²) in [6.07, 6.45) is 1.30. The fraction of sp³-hybridized carbons (Fsp3) is 0.0833. The van der Waals surface area contributed by atoms with Gasteiger partial charge in [-0.05, 0) is 49.2 Å². The number of non-ortho nitro benzene ring substituents is 1. The van der Waals surface area contributed by atoms with Crippen LogP contribution in [0.5, 0.6) is 11.5 Å². The second-order valence-corrected chi connectivity index (χ2v) is 7.18. The van der Waals surface area contributed by atoms with E-state index in [4.69, 9.17) is 4.74 Å². The topological polar surface area (TPSA) is 148 Å². The lowest BCUT2D eigenvalue weighted by Crippen LogP contribution is -2.14. The minimum atomic E-state index is -0.793. The van der Waals surface area contributed by atoms with Gasteiger partial charge < -0.3 is 10.1 Å². The van der Waals surface area contributed by atoms with E-state index < -0.39 is 27.1 Å². The summed E-state index contributed by atoms with van der Waals surface area (Å²) in [6.45, 7) is 3.75. The maximum Gasteiger partial charge on any atom is 0.318 e. The highest BCUT2D eigenvalue weighted by Crippen LogP contribution is 2.36. The van der Waals surface area contributed by atoms with Crippen molar-refractivity contribution in [2.24, 2.45) is 0 Å². The third kappa shape index (κ3) is 5.23. The van der Waals surface area contributed by atoms with Crippen LogP contribution < -0.4 is 10.1 Å². The molecule has 3 aromatic rings. The number of hydrogen-bond acceptors (Lipinski definition) is 7. The lowest BCUT2D eigenvalue weighted by molar-refractivity contribution is -0.394. The summed E-state index contributed by atoms with van der Waals surface area (Å²) in [5.41, 5.74) is 1.45. The number of nitro groups is 2. The Kier molecular flexibility index (Phi) is 6.98. The molecular formula is C24H18N4O6. The second-order valence-electron chi connectivity index (χ2n) is 7.18. The summed E-state index contributed by atoms with van der Waals surface area (Å²) in [5, 5.41) is 34.6. The van der Waals surface area contributed by atoms with Crippen LogP contribution in [0.2, 0.25) is 0 Å². The number of carbonyl (C=O) groups is 1. The molecule has 0 spiro atoms. The van der Waals surface area contributed by atoms with Crippen LogP contribution in [-0.4, -0.2) is 15.8 Å². The van der Waals surface area contributed by atoms with Crippen molar-refractivity contribution >= 4 is 29.0 Å². The summed E-state index contributed by atoms with van der Waals surface area (Å²) < 4.78 is 5.66. The Morgan fingerprint density at radius 2 is 1.74 bits per heavy atom. The van der Waals surface area contributed by atoms with E-state index in [0.717, 1.165) is 29.3 Å². The van der Waals surface area contributed by atoms with Gasteiger partial charge in [0.2, 0.25) is 5.75 Å². The molecule has 34 heavy (non-hydrogen) atoms. The van der Waals surface area contributed by atoms with Gasteiger partial charge in [0.05, 0.1) is 15.9 Å². The molecular weight excluding hydrogens is 440 g/mol. The Labute approximate surface area is 194 Å². The molecule has 0 aliphatic carbocycles. The highest BCUT2D eigenvalue weighted by molar-refractivity contribution is 6.10. The van der Waals surface area contributed by atoms with Gasteiger partial charge in [0, 0.05) is 17.3 Å². The Morgan fingerprint density at radius 3 is 2.41 bits per heavy atom. The molecule has 0 aliphatic heterocycles. The SMILES string of the molecule is Cc1cccc(NC(=O)/C(C#N)=C/c2ccccc2Oc2ccc([N+](=O)[O-])cc2[N+](=O)[O-])c1C. The van der Waals surface area contributed by atoms with Gasteiger partial charge in [0.15, 0.2) is 0 Å². The summed E-state index contributed by atoms with van der Waals surface area (Å²) in [7, 11) is 0. The van der Waals surface area contributed by atoms with Crippen molar-refractivity contribution in [3.63, 3.8) is 0 Å². The van der Waals surface area contributed by atoms with Crippen LogP contribution in [0.3, 0.4) is 0 Å². The number of aryl methyl sites for hydroxylation is 1. The van der Waals surface area contributed by atoms with Crippen molar-refractivity contribution in [2.75, 3.05) is 5.32 Å². The minimum absolute atomic E-state index is 0.117. The number of hydrogen-bond donors (Lipinski definition) is 1. The number of nitro benzene ring substituents is 2. The van der Waals surface area contributed by atoms with Crippen LogP contribution in [0.25, 0.3) is 6.08 Å². The molecule has 0 radical (unpaired) electrons. The van der Waals surface area contributed by atoms with Crippen LogP contribution in [0.4, 0.5) is 17.1 Å². The van der Waals surface area contributed by atoms with Gasteiger partial charge >= 0.3 is 5.69 Å². The van der Waals surface area contributed by atoms with Crippen molar-refractivity contribution in [2.45, 2.75) is 13.8 Å². The maximum atomic E-state index is 12.7. The molecule has 0 heterocycles. The van der Waals surface area contributed by atoms with Crippen molar-refractivity contribution < 1.29 is 19.4 Å². The molecule has 1 amide bonds. The first-order valence-electron chi connectivity index (χ1n) is 9.90. The summed E-state index contributed by atoms with van der Waals surface area (Å²) in [6, 6.07) is 16.6. The van der Waals surface area contributed by atoms with Crippen molar-refractivity contribution in [1.82, 2.24) is 0 Å². The number of anilines is 1. The molecule has 0 atom stereocenters. The Balaban J connectivity index is 1.95. The maximum absolute atomic E-state index is 12.7. The average molecular weight is 458 g/mol. The van der Waals surface area contributed by atoms with Crippen LogP contribution in [0, 0.1) is 45.4 Å². The van der Waals surface area contributed by atoms with Gasteiger partial charge in [-0.2, -0.15) is 5.26 Å². The molecule has 1 N–H and O–H groups in total. The number of nitrogens with zero attached hydrogens (tertiary/aromatic N) is 3. The molecule has 170 valence electrons. The van der Waals surface area contributed by atoms with Crippen LogP contribution in [0.15, 0.2) is 66.2 Å². The van der Waals surface area contributed by atoms with Crippen molar-refractivity contribution in [3.8, 4) is 17.6 Å². The van der Waals surface area contributed by atoms with E-state index in [-0.39, 0.29) is 17.1 Å². The van der Waals surface area contributed by atoms with Crippen LogP contribution >= 0.6 is 0 Å². The molecule has 0 aromatic heterocycles. The summed E-state index contributed by atoms with van der Waals surface area (Å²) in [4.78, 5) is 33.5. The van der Waals surface area contributed by atoms with Gasteiger partial charge in [-0.1, -0.05) is 30.3 Å². The molecule has 10 nitrogen and oxygen atoms in total. The third-order valence-electron chi connectivity index (χ3n) is 5.01. The largest absolute Gasteiger partial charge is 0.449 e. The predicted molar refractivity (Wildman–Crippen MR) is 124 cm³/mol. The lowest BCUT2D eigenvalue weighted by Gasteiger charge is -2.11. The normalized spacial score (nSPS) is 10.8. The number of ether oxygens (including phenoxy) is 1. The van der Waals surface area contributed by atoms with Crippen molar-refractivity contribution in [3.05, 3.63) is 103 Å². The highest BCUT2D eigenvalue weighted by Gasteiger charge is 2.22. The Bertz CT molecular complexity index is 1370. The second kappa shape index (κ2) is 10.1. The van der Waals surface area contributed by atoms with Crippen LogP contribution in [-0.2, 0) is 4.79 Å². The number of rotatable bonds is 7. The number of benzene rings is 3. The monoisotopic (exact) mass is 458 g/mol. The zero-order valence-electron chi connectivity index (χ0n) is 18.1. The first-order valence-corrected chi connectivity index (χ1v) is 9.90. The fourth-order valence-corrected chi connectivity index (χ4v) is 3.04. The van der Waals surface area contributed by atoms with Gasteiger partial charge in [0.1, 0.15) is 17.4 Å². The molecule has 0 unspecified atom stereocenters. The Hall–Kier alpha value is -5.04. The molecule has 0 saturated carbocycles. The smallest absolute Gasteiger partial charge is 0.318 e. The molecule has 3 rings (SSSR count). The average Bonchev–Trinajstić information content (AvgIpc) is 2.81. The van der Waals surface area contributed by atoms with Gasteiger partial charge in [-0.25, -0.2) is 0 Å². The summed E-state index contributed by atoms with van der Waals surface area (Å²) in [5.74, 6) is -0.742. The van der Waals surface area contributed by atoms with Gasteiger partial charge in [-0.3, -0.25) is 25.0 Å². The van der Waals surface area contributed by atoms with E-state index in [1.54, 1.807) is 30.3 Å². The van der Waals surface area contributed by atoms with Gasteiger partial charge in [0.25, 0.3) is 11.6 Å². The van der Waals surface area contributed by atoms with E-state index in [0.29, 0.717) is 11.3 Å². The molecule has 0 fully saturated rings. The first-order chi connectivity index (χ1) is 16.2. The zero-order chi connectivity index (χ0) is 24.8. The standard InChI is InChI=1S/C24H18N4O6/c1-15-6-5-8-20(16(15)2)26-24(29)18(14-25)12-17-7-3-4-9-22(17)34-23-11-10-19(27(30)31)13-21(23)28(32)33/h3-13H,1-2H3,(H,26,29)/b18-12+. The number of nitriles is 1. The first kappa shape index (κ1) is 23.6. The zero-order valence-corrected chi connectivity index (χ0v) is 18.1.